The van der Waals surface area contributed by atoms with Crippen molar-refractivity contribution in [3.63, 3.8) is 0 Å². The topological polar surface area (TPSA) is 78.0 Å². The first-order valence-electron chi connectivity index (χ1n) is 10.1. The average molecular weight is 430 g/mol. The summed E-state index contributed by atoms with van der Waals surface area (Å²) in [5.74, 6) is 0.341. The van der Waals surface area contributed by atoms with Crippen molar-refractivity contribution in [2.24, 2.45) is 5.73 Å². The Morgan fingerprint density at radius 2 is 1.77 bits per heavy atom. The molecule has 0 aliphatic heterocycles. The van der Waals surface area contributed by atoms with Crippen LogP contribution in [0, 0.1) is 0 Å². The Labute approximate surface area is 184 Å². The molecular formula is C25H23N3O2S. The van der Waals surface area contributed by atoms with Gasteiger partial charge in [-0.25, -0.2) is 4.98 Å². The summed E-state index contributed by atoms with van der Waals surface area (Å²) in [6.07, 6.45) is 0. The number of hydrogen-bond donors (Lipinski definition) is 1. The summed E-state index contributed by atoms with van der Waals surface area (Å²) < 4.78 is 1.71. The molecule has 1 heterocycles. The summed E-state index contributed by atoms with van der Waals surface area (Å²) in [7, 11) is 0. The lowest BCUT2D eigenvalue weighted by Gasteiger charge is -2.18. The van der Waals surface area contributed by atoms with E-state index >= 15 is 0 Å². The molecule has 156 valence electrons. The minimum absolute atomic E-state index is 0.0907. The molecule has 1 amide bonds. The normalized spacial score (nSPS) is 11.2. The van der Waals surface area contributed by atoms with Gasteiger partial charge in [0.15, 0.2) is 5.16 Å². The molecule has 0 atom stereocenters. The number of carbonyl (C=O) groups excluding carboxylic acids is 1. The van der Waals surface area contributed by atoms with E-state index in [1.54, 1.807) is 16.7 Å². The molecule has 0 spiro atoms. The fraction of sp³-hybridized carbons (Fsp3) is 0.160. The number of rotatable bonds is 6. The van der Waals surface area contributed by atoms with E-state index in [-0.39, 0.29) is 11.5 Å². The van der Waals surface area contributed by atoms with Gasteiger partial charge in [0.1, 0.15) is 0 Å². The summed E-state index contributed by atoms with van der Waals surface area (Å²) in [6, 6.07) is 22.6. The Morgan fingerprint density at radius 3 is 2.55 bits per heavy atom. The molecule has 1 aromatic heterocycles. The van der Waals surface area contributed by atoms with E-state index < -0.39 is 5.91 Å². The second kappa shape index (κ2) is 8.78. The van der Waals surface area contributed by atoms with Crippen molar-refractivity contribution < 1.29 is 4.79 Å². The van der Waals surface area contributed by atoms with E-state index in [0.29, 0.717) is 27.4 Å². The van der Waals surface area contributed by atoms with Crippen molar-refractivity contribution in [1.29, 1.82) is 0 Å². The molecule has 0 aliphatic carbocycles. The monoisotopic (exact) mass is 429 g/mol. The van der Waals surface area contributed by atoms with Crippen LogP contribution in [0.2, 0.25) is 0 Å². The third-order valence-corrected chi connectivity index (χ3v) is 6.13. The summed E-state index contributed by atoms with van der Waals surface area (Å²) in [5, 5.41) is 1.20. The maximum atomic E-state index is 13.5. The molecule has 4 aromatic rings. The number of nitrogens with zero attached hydrogens (tertiary/aromatic N) is 2. The van der Waals surface area contributed by atoms with Gasteiger partial charge in [0.25, 0.3) is 5.56 Å². The highest BCUT2D eigenvalue weighted by molar-refractivity contribution is 7.98. The zero-order valence-electron chi connectivity index (χ0n) is 17.4. The molecule has 0 bridgehead atoms. The van der Waals surface area contributed by atoms with Gasteiger partial charge >= 0.3 is 0 Å². The fourth-order valence-corrected chi connectivity index (χ4v) is 4.51. The van der Waals surface area contributed by atoms with Crippen molar-refractivity contribution in [2.45, 2.75) is 30.7 Å². The number of benzene rings is 3. The number of aromatic nitrogens is 2. The van der Waals surface area contributed by atoms with Crippen LogP contribution in [-0.4, -0.2) is 15.5 Å². The zero-order chi connectivity index (χ0) is 22.0. The highest BCUT2D eigenvalue weighted by atomic mass is 32.2. The summed E-state index contributed by atoms with van der Waals surface area (Å²) in [5.41, 5.74) is 9.32. The minimum atomic E-state index is -0.460. The van der Waals surface area contributed by atoms with Crippen LogP contribution in [0.3, 0.4) is 0 Å². The standard InChI is InChI=1S/C25H23N3O2S/c1-16(2)19-10-4-6-13-22(19)28-24(30)20-11-3-5-12-21(20)27-25(28)31-15-17-8-7-9-18(14-17)23(26)29/h3-14,16H,15H2,1-2H3,(H2,26,29). The Balaban J connectivity index is 1.85. The summed E-state index contributed by atoms with van der Waals surface area (Å²) in [4.78, 5) is 29.9. The van der Waals surface area contributed by atoms with Gasteiger partial charge < -0.3 is 5.73 Å². The average Bonchev–Trinajstić information content (AvgIpc) is 2.78. The largest absolute Gasteiger partial charge is 0.366 e. The third-order valence-electron chi connectivity index (χ3n) is 5.12. The number of hydrogen-bond acceptors (Lipinski definition) is 4. The van der Waals surface area contributed by atoms with Crippen LogP contribution >= 0.6 is 11.8 Å². The van der Waals surface area contributed by atoms with Crippen LogP contribution in [0.5, 0.6) is 0 Å². The quantitative estimate of drug-likeness (QED) is 0.349. The molecule has 6 heteroatoms. The zero-order valence-corrected chi connectivity index (χ0v) is 18.2. The van der Waals surface area contributed by atoms with E-state index in [1.165, 1.54) is 11.8 Å². The van der Waals surface area contributed by atoms with Crippen molar-refractivity contribution in [1.82, 2.24) is 9.55 Å². The molecule has 0 unspecified atom stereocenters. The van der Waals surface area contributed by atoms with E-state index in [9.17, 15) is 9.59 Å². The molecule has 0 saturated heterocycles. The second-order valence-corrected chi connectivity index (χ2v) is 8.56. The smallest absolute Gasteiger partial charge is 0.266 e. The van der Waals surface area contributed by atoms with Crippen molar-refractivity contribution >= 4 is 28.6 Å². The molecule has 3 aromatic carbocycles. The van der Waals surface area contributed by atoms with Crippen LogP contribution in [0.25, 0.3) is 16.6 Å². The molecule has 4 rings (SSSR count). The summed E-state index contributed by atoms with van der Waals surface area (Å²) >= 11 is 1.46. The number of thioether (sulfide) groups is 1. The van der Waals surface area contributed by atoms with Gasteiger partial charge in [-0.05, 0) is 47.4 Å². The lowest BCUT2D eigenvalue weighted by molar-refractivity contribution is 0.1000. The highest BCUT2D eigenvalue weighted by Crippen LogP contribution is 2.28. The number of nitrogens with two attached hydrogens (primary N) is 1. The van der Waals surface area contributed by atoms with Crippen molar-refractivity contribution in [3.05, 3.63) is 99.8 Å². The first-order chi connectivity index (χ1) is 15.0. The predicted octanol–water partition coefficient (Wildman–Crippen LogP) is 4.90. The lowest BCUT2D eigenvalue weighted by atomic mass is 10.0. The number of amides is 1. The van der Waals surface area contributed by atoms with Gasteiger partial charge in [-0.1, -0.05) is 68.1 Å². The van der Waals surface area contributed by atoms with E-state index in [1.807, 2.05) is 60.7 Å². The van der Waals surface area contributed by atoms with Crippen LogP contribution in [0.15, 0.2) is 82.7 Å². The van der Waals surface area contributed by atoms with Gasteiger partial charge in [-0.2, -0.15) is 0 Å². The molecule has 0 saturated carbocycles. The Kier molecular flexibility index (Phi) is 5.91. The maximum absolute atomic E-state index is 13.5. The summed E-state index contributed by atoms with van der Waals surface area (Å²) in [6.45, 7) is 4.22. The van der Waals surface area contributed by atoms with Crippen LogP contribution < -0.4 is 11.3 Å². The fourth-order valence-electron chi connectivity index (χ4n) is 3.56. The Bertz CT molecular complexity index is 1330. The molecule has 0 radical (unpaired) electrons. The maximum Gasteiger partial charge on any atom is 0.266 e. The van der Waals surface area contributed by atoms with Gasteiger partial charge in [0.2, 0.25) is 5.91 Å². The highest BCUT2D eigenvalue weighted by Gasteiger charge is 2.17. The third kappa shape index (κ3) is 4.25. The molecule has 31 heavy (non-hydrogen) atoms. The van der Waals surface area contributed by atoms with Crippen LogP contribution in [0.1, 0.15) is 41.3 Å². The number of primary amides is 1. The molecule has 2 N–H and O–H groups in total. The predicted molar refractivity (Wildman–Crippen MR) is 126 cm³/mol. The van der Waals surface area contributed by atoms with Gasteiger partial charge in [-0.15, -0.1) is 0 Å². The van der Waals surface area contributed by atoms with Gasteiger partial charge in [-0.3, -0.25) is 14.2 Å². The first kappa shape index (κ1) is 20.9. The van der Waals surface area contributed by atoms with E-state index in [4.69, 9.17) is 10.7 Å². The van der Waals surface area contributed by atoms with Gasteiger partial charge in [0.05, 0.1) is 16.6 Å². The minimum Gasteiger partial charge on any atom is -0.366 e. The molecular weight excluding hydrogens is 406 g/mol. The first-order valence-corrected chi connectivity index (χ1v) is 11.1. The number of carbonyl (C=O) groups is 1. The molecule has 0 fully saturated rings. The molecule has 0 aliphatic rings. The van der Waals surface area contributed by atoms with Crippen molar-refractivity contribution in [3.8, 4) is 5.69 Å². The second-order valence-electron chi connectivity index (χ2n) is 7.62. The molecule has 5 nitrogen and oxygen atoms in total. The van der Waals surface area contributed by atoms with Crippen LogP contribution in [0.4, 0.5) is 0 Å². The number of para-hydroxylation sites is 2. The lowest BCUT2D eigenvalue weighted by Crippen LogP contribution is -2.23. The van der Waals surface area contributed by atoms with Crippen LogP contribution in [-0.2, 0) is 5.75 Å². The van der Waals surface area contributed by atoms with Gasteiger partial charge in [0, 0.05) is 11.3 Å². The van der Waals surface area contributed by atoms with E-state index in [0.717, 1.165) is 16.8 Å². The van der Waals surface area contributed by atoms with Crippen molar-refractivity contribution in [2.75, 3.05) is 0 Å². The Morgan fingerprint density at radius 1 is 1.03 bits per heavy atom. The number of fused-ring (bicyclic) bond motifs is 1. The van der Waals surface area contributed by atoms with E-state index in [2.05, 4.69) is 13.8 Å². The SMILES string of the molecule is CC(C)c1ccccc1-n1c(SCc2cccc(C(N)=O)c2)nc2ccccc2c1=O. The Hall–Kier alpha value is -3.38.